The Morgan fingerprint density at radius 3 is 2.54 bits per heavy atom. The molecule has 2 heterocycles. The third kappa shape index (κ3) is 4.45. The minimum absolute atomic E-state index is 1.11. The number of imidazole rings is 1. The van der Waals surface area contributed by atoms with E-state index in [1.807, 2.05) is 0 Å². The van der Waals surface area contributed by atoms with Crippen LogP contribution in [0.1, 0.15) is 30.9 Å². The summed E-state index contributed by atoms with van der Waals surface area (Å²) in [5.74, 6) is 1.38. The van der Waals surface area contributed by atoms with Gasteiger partial charge in [-0.3, -0.25) is 0 Å². The van der Waals surface area contributed by atoms with Crippen LogP contribution in [-0.4, -0.2) is 23.0 Å². The molecule has 3 rings (SSSR count). The quantitative estimate of drug-likeness (QED) is 0.460. The Labute approximate surface area is 150 Å². The molecule has 0 amide bonds. The van der Waals surface area contributed by atoms with Crippen LogP contribution in [0, 0.1) is 0 Å². The van der Waals surface area contributed by atoms with Crippen LogP contribution in [0.5, 0.6) is 0 Å². The summed E-state index contributed by atoms with van der Waals surface area (Å²) in [6.45, 7) is 3.37. The topological polar surface area (TPSA) is 66.0 Å². The molecular formula is C17H21F3N2O3S. The maximum absolute atomic E-state index is 10.7. The molecule has 0 unspecified atom stereocenters. The van der Waals surface area contributed by atoms with E-state index in [0.29, 0.717) is 0 Å². The number of fused-ring (bicyclic) bond motifs is 3. The first-order valence-corrected chi connectivity index (χ1v) is 9.65. The Morgan fingerprint density at radius 2 is 1.96 bits per heavy atom. The Balaban J connectivity index is 0.000000260. The van der Waals surface area contributed by atoms with E-state index in [1.54, 1.807) is 0 Å². The monoisotopic (exact) mass is 390 g/mol. The molecule has 26 heavy (non-hydrogen) atoms. The summed E-state index contributed by atoms with van der Waals surface area (Å²) in [4.78, 5) is 0. The molecule has 0 saturated carbocycles. The average Bonchev–Trinajstić information content (AvgIpc) is 2.93. The number of nitrogens with zero attached hydrogens (tertiary/aromatic N) is 2. The molecule has 1 aliphatic heterocycles. The highest BCUT2D eigenvalue weighted by molar-refractivity contribution is 7.86. The Morgan fingerprint density at radius 1 is 1.31 bits per heavy atom. The standard InChI is InChI=1S/C16H21N2.CHF3O3S/c1-3-4-6-13-7-5-8-14-9-10-18-12-11-17(2)16(18)15(13)14;2-1(3,4)8(5,6)7/h5,7-8,11-12H,3-4,6,9-10H2,1-2H3;(H,5,6,7)/q+1;/p-1. The van der Waals surface area contributed by atoms with Gasteiger partial charge in [-0.2, -0.15) is 13.2 Å². The predicted octanol–water partition coefficient (Wildman–Crippen LogP) is 2.93. The Bertz CT molecular complexity index is 874. The smallest absolute Gasteiger partial charge is 0.485 e. The van der Waals surface area contributed by atoms with E-state index in [2.05, 4.69) is 53.7 Å². The van der Waals surface area contributed by atoms with Gasteiger partial charge in [0.15, 0.2) is 10.1 Å². The number of aryl methyl sites for hydroxylation is 4. The van der Waals surface area contributed by atoms with E-state index < -0.39 is 15.6 Å². The molecule has 0 spiro atoms. The third-order valence-corrected chi connectivity index (χ3v) is 4.81. The normalized spacial score (nSPS) is 13.5. The number of hydrogen-bond donors (Lipinski definition) is 0. The molecular weight excluding hydrogens is 369 g/mol. The fraction of sp³-hybridized carbons (Fsp3) is 0.471. The van der Waals surface area contributed by atoms with Gasteiger partial charge in [-0.25, -0.2) is 17.6 Å². The zero-order chi connectivity index (χ0) is 19.5. The largest absolute Gasteiger partial charge is 0.741 e. The maximum atomic E-state index is 10.7. The summed E-state index contributed by atoms with van der Waals surface area (Å²) in [5.41, 5.74) is -1.12. The van der Waals surface area contributed by atoms with Gasteiger partial charge in [-0.05, 0) is 24.0 Å². The van der Waals surface area contributed by atoms with Crippen molar-refractivity contribution in [3.8, 4) is 11.4 Å². The van der Waals surface area contributed by atoms with Crippen LogP contribution in [0.2, 0.25) is 0 Å². The van der Waals surface area contributed by atoms with E-state index in [1.165, 1.54) is 41.8 Å². The molecule has 0 radical (unpaired) electrons. The first-order valence-electron chi connectivity index (χ1n) is 8.24. The van der Waals surface area contributed by atoms with E-state index in [-0.39, 0.29) is 0 Å². The van der Waals surface area contributed by atoms with Crippen LogP contribution >= 0.6 is 0 Å². The van der Waals surface area contributed by atoms with Crippen molar-refractivity contribution in [2.75, 3.05) is 0 Å². The third-order valence-electron chi connectivity index (χ3n) is 4.24. The van der Waals surface area contributed by atoms with Crippen molar-refractivity contribution in [3.63, 3.8) is 0 Å². The molecule has 0 N–H and O–H groups in total. The molecule has 2 aromatic rings. The van der Waals surface area contributed by atoms with Crippen LogP contribution < -0.4 is 4.57 Å². The summed E-state index contributed by atoms with van der Waals surface area (Å²) in [6, 6.07) is 6.82. The maximum Gasteiger partial charge on any atom is 0.485 e. The number of unbranched alkanes of at least 4 members (excludes halogenated alkanes) is 1. The molecule has 144 valence electrons. The lowest BCUT2D eigenvalue weighted by atomic mass is 9.93. The lowest BCUT2D eigenvalue weighted by Crippen LogP contribution is -2.31. The fourth-order valence-corrected chi connectivity index (χ4v) is 2.99. The van der Waals surface area contributed by atoms with Gasteiger partial charge in [0.25, 0.3) is 5.82 Å². The van der Waals surface area contributed by atoms with Gasteiger partial charge in [0, 0.05) is 6.42 Å². The molecule has 1 aromatic carbocycles. The van der Waals surface area contributed by atoms with E-state index >= 15 is 0 Å². The molecule has 1 aliphatic rings. The first-order chi connectivity index (χ1) is 12.1. The Hall–Kier alpha value is -1.87. The zero-order valence-electron chi connectivity index (χ0n) is 14.6. The molecule has 0 saturated heterocycles. The van der Waals surface area contributed by atoms with Crippen molar-refractivity contribution < 1.29 is 30.7 Å². The van der Waals surface area contributed by atoms with Crippen molar-refractivity contribution in [1.29, 1.82) is 0 Å². The zero-order valence-corrected chi connectivity index (χ0v) is 15.4. The first kappa shape index (κ1) is 20.4. The van der Waals surface area contributed by atoms with Crippen LogP contribution in [0.15, 0.2) is 30.6 Å². The molecule has 1 aromatic heterocycles. The number of rotatable bonds is 3. The summed E-state index contributed by atoms with van der Waals surface area (Å²) in [5, 5.41) is 0. The van der Waals surface area contributed by atoms with Crippen molar-refractivity contribution in [3.05, 3.63) is 41.7 Å². The molecule has 0 aliphatic carbocycles. The van der Waals surface area contributed by atoms with Gasteiger partial charge >= 0.3 is 5.51 Å². The molecule has 0 bridgehead atoms. The fourth-order valence-electron chi connectivity index (χ4n) is 2.99. The highest BCUT2D eigenvalue weighted by Gasteiger charge is 2.36. The van der Waals surface area contributed by atoms with E-state index in [9.17, 15) is 13.2 Å². The van der Waals surface area contributed by atoms with Crippen LogP contribution in [0.25, 0.3) is 11.4 Å². The van der Waals surface area contributed by atoms with Crippen molar-refractivity contribution in [2.45, 2.75) is 44.7 Å². The van der Waals surface area contributed by atoms with Crippen LogP contribution in [0.4, 0.5) is 13.2 Å². The van der Waals surface area contributed by atoms with E-state index in [0.717, 1.165) is 13.0 Å². The summed E-state index contributed by atoms with van der Waals surface area (Å²) in [6.07, 6.45) is 9.27. The Kier molecular flexibility index (Phi) is 6.13. The summed E-state index contributed by atoms with van der Waals surface area (Å²) >= 11 is 0. The highest BCUT2D eigenvalue weighted by Crippen LogP contribution is 2.31. The van der Waals surface area contributed by atoms with Gasteiger partial charge in [0.2, 0.25) is 0 Å². The second-order valence-electron chi connectivity index (χ2n) is 6.13. The van der Waals surface area contributed by atoms with Gasteiger partial charge in [0.1, 0.15) is 12.4 Å². The van der Waals surface area contributed by atoms with Crippen molar-refractivity contribution in [2.24, 2.45) is 7.05 Å². The highest BCUT2D eigenvalue weighted by atomic mass is 32.2. The average molecular weight is 390 g/mol. The van der Waals surface area contributed by atoms with Crippen molar-refractivity contribution >= 4 is 10.1 Å². The van der Waals surface area contributed by atoms with Gasteiger partial charge in [-0.15, -0.1) is 0 Å². The second kappa shape index (κ2) is 7.79. The number of alkyl halides is 3. The predicted molar refractivity (Wildman–Crippen MR) is 89.1 cm³/mol. The summed E-state index contributed by atoms with van der Waals surface area (Å²) < 4.78 is 63.5. The van der Waals surface area contributed by atoms with Gasteiger partial charge < -0.3 is 4.55 Å². The molecule has 5 nitrogen and oxygen atoms in total. The molecule has 0 fully saturated rings. The SMILES string of the molecule is CCCCc1cccc2c1-c1n(cc[n+]1C)CC2.O=S(=O)([O-])C(F)(F)F. The number of benzene rings is 1. The number of aromatic nitrogens is 2. The van der Waals surface area contributed by atoms with Gasteiger partial charge in [0.05, 0.1) is 19.2 Å². The minimum atomic E-state index is -6.09. The van der Waals surface area contributed by atoms with Gasteiger partial charge in [-0.1, -0.05) is 31.5 Å². The molecule has 9 heteroatoms. The number of halogens is 3. The number of hydrogen-bond acceptors (Lipinski definition) is 3. The van der Waals surface area contributed by atoms with E-state index in [4.69, 9.17) is 13.0 Å². The molecule has 0 atom stereocenters. The summed E-state index contributed by atoms with van der Waals surface area (Å²) in [7, 11) is -3.94. The van der Waals surface area contributed by atoms with Crippen molar-refractivity contribution in [1.82, 2.24) is 4.57 Å². The van der Waals surface area contributed by atoms with Crippen LogP contribution in [0.3, 0.4) is 0 Å². The lowest BCUT2D eigenvalue weighted by Gasteiger charge is -2.17. The van der Waals surface area contributed by atoms with Crippen LogP contribution in [-0.2, 0) is 36.6 Å². The second-order valence-corrected chi connectivity index (χ2v) is 7.50. The lowest BCUT2D eigenvalue weighted by molar-refractivity contribution is -0.659. The minimum Gasteiger partial charge on any atom is -0.741 e.